The Bertz CT molecular complexity index is 780. The second-order valence-electron chi connectivity index (χ2n) is 5.66. The average molecular weight is 327 g/mol. The Morgan fingerprint density at radius 2 is 1.88 bits per heavy atom. The molecule has 0 atom stereocenters. The summed E-state index contributed by atoms with van der Waals surface area (Å²) in [6.45, 7) is 5.12. The number of hydrogen-bond donors (Lipinski definition) is 1. The van der Waals surface area contributed by atoms with Gasteiger partial charge < -0.3 is 18.8 Å². The number of aliphatic hydroxyl groups is 1. The van der Waals surface area contributed by atoms with E-state index in [0.717, 1.165) is 22.8 Å². The number of rotatable bonds is 7. The van der Waals surface area contributed by atoms with Gasteiger partial charge in [0.15, 0.2) is 0 Å². The monoisotopic (exact) mass is 327 g/mol. The summed E-state index contributed by atoms with van der Waals surface area (Å²) >= 11 is 0. The number of aliphatic hydroxyl groups excluding tert-OH is 1. The second-order valence-corrected chi connectivity index (χ2v) is 5.66. The summed E-state index contributed by atoms with van der Waals surface area (Å²) in [5.41, 5.74) is 1.88. The molecule has 6 nitrogen and oxygen atoms in total. The van der Waals surface area contributed by atoms with E-state index in [9.17, 15) is 0 Å². The lowest BCUT2D eigenvalue weighted by Gasteiger charge is -2.22. The summed E-state index contributed by atoms with van der Waals surface area (Å²) < 4.78 is 11.3. The van der Waals surface area contributed by atoms with Crippen molar-refractivity contribution in [1.29, 1.82) is 0 Å². The zero-order valence-electron chi connectivity index (χ0n) is 13.9. The Morgan fingerprint density at radius 1 is 1.08 bits per heavy atom. The van der Waals surface area contributed by atoms with Gasteiger partial charge in [0.2, 0.25) is 5.89 Å². The van der Waals surface area contributed by atoms with Gasteiger partial charge in [-0.1, -0.05) is 18.2 Å². The smallest absolute Gasteiger partial charge is 0.251 e. The molecule has 0 radical (unpaired) electrons. The molecule has 2 heterocycles. The second kappa shape index (κ2) is 7.31. The predicted octanol–water partition coefficient (Wildman–Crippen LogP) is 3.34. The summed E-state index contributed by atoms with van der Waals surface area (Å²) in [6.07, 6.45) is 0.677. The summed E-state index contributed by atoms with van der Waals surface area (Å²) in [5.74, 6) is 2.58. The lowest BCUT2D eigenvalue weighted by Crippen LogP contribution is -2.24. The van der Waals surface area contributed by atoms with Gasteiger partial charge >= 0.3 is 0 Å². The maximum Gasteiger partial charge on any atom is 0.251 e. The molecule has 0 unspecified atom stereocenters. The van der Waals surface area contributed by atoms with Crippen LogP contribution in [0.3, 0.4) is 0 Å². The standard InChI is InChI=1S/C18H21N3O3/c1-13-11-16(14(2)23-13)18-20-19-17(24-18)12-21(9-6-10-22)15-7-4-3-5-8-15/h3-5,7-8,11,22H,6,9-10,12H2,1-2H3. The minimum atomic E-state index is 0.145. The number of nitrogens with zero attached hydrogens (tertiary/aromatic N) is 3. The number of aromatic nitrogens is 2. The summed E-state index contributed by atoms with van der Waals surface area (Å²) in [7, 11) is 0. The largest absolute Gasteiger partial charge is 0.466 e. The van der Waals surface area contributed by atoms with Crippen LogP contribution in [0, 0.1) is 13.8 Å². The van der Waals surface area contributed by atoms with E-state index in [2.05, 4.69) is 15.1 Å². The molecule has 6 heteroatoms. The molecule has 3 aromatic rings. The van der Waals surface area contributed by atoms with Gasteiger partial charge in [0, 0.05) is 18.8 Å². The zero-order valence-corrected chi connectivity index (χ0v) is 13.9. The summed E-state index contributed by atoms with van der Waals surface area (Å²) in [6, 6.07) is 11.9. The van der Waals surface area contributed by atoms with Crippen molar-refractivity contribution in [3.63, 3.8) is 0 Å². The van der Waals surface area contributed by atoms with Crippen LogP contribution in [0.2, 0.25) is 0 Å². The highest BCUT2D eigenvalue weighted by Crippen LogP contribution is 2.26. The lowest BCUT2D eigenvalue weighted by atomic mass is 10.2. The SMILES string of the molecule is Cc1cc(-c2nnc(CN(CCCO)c3ccccc3)o2)c(C)o1. The van der Waals surface area contributed by atoms with Crippen LogP contribution in [0.15, 0.2) is 45.2 Å². The van der Waals surface area contributed by atoms with E-state index in [0.29, 0.717) is 31.3 Å². The molecule has 3 rings (SSSR count). The topological polar surface area (TPSA) is 75.5 Å². The minimum absolute atomic E-state index is 0.145. The van der Waals surface area contributed by atoms with Crippen LogP contribution >= 0.6 is 0 Å². The fraction of sp³-hybridized carbons (Fsp3) is 0.333. The van der Waals surface area contributed by atoms with Gasteiger partial charge in [0.05, 0.1) is 12.1 Å². The number of benzene rings is 1. The molecule has 0 aliphatic carbocycles. The Labute approximate surface area is 140 Å². The van der Waals surface area contributed by atoms with E-state index < -0.39 is 0 Å². The van der Waals surface area contributed by atoms with Crippen molar-refractivity contribution in [1.82, 2.24) is 10.2 Å². The van der Waals surface area contributed by atoms with Crippen molar-refractivity contribution >= 4 is 5.69 Å². The lowest BCUT2D eigenvalue weighted by molar-refractivity contribution is 0.289. The van der Waals surface area contributed by atoms with E-state index in [-0.39, 0.29) is 6.61 Å². The van der Waals surface area contributed by atoms with Gasteiger partial charge in [-0.15, -0.1) is 10.2 Å². The first-order valence-corrected chi connectivity index (χ1v) is 7.98. The molecule has 0 bridgehead atoms. The fourth-order valence-corrected chi connectivity index (χ4v) is 2.63. The minimum Gasteiger partial charge on any atom is -0.466 e. The highest BCUT2D eigenvalue weighted by Gasteiger charge is 2.16. The average Bonchev–Trinajstić information content (AvgIpc) is 3.18. The van der Waals surface area contributed by atoms with Crippen molar-refractivity contribution in [2.75, 3.05) is 18.1 Å². The molecule has 0 saturated carbocycles. The van der Waals surface area contributed by atoms with E-state index >= 15 is 0 Å². The van der Waals surface area contributed by atoms with Crippen molar-refractivity contribution in [2.45, 2.75) is 26.8 Å². The highest BCUT2D eigenvalue weighted by molar-refractivity contribution is 5.56. The van der Waals surface area contributed by atoms with Gasteiger partial charge in [-0.05, 0) is 38.5 Å². The Balaban J connectivity index is 1.79. The third-order valence-corrected chi connectivity index (χ3v) is 3.77. The van der Waals surface area contributed by atoms with Crippen LogP contribution < -0.4 is 4.90 Å². The molecule has 1 N–H and O–H groups in total. The predicted molar refractivity (Wildman–Crippen MR) is 90.7 cm³/mol. The maximum atomic E-state index is 9.13. The highest BCUT2D eigenvalue weighted by atomic mass is 16.4. The number of aryl methyl sites for hydroxylation is 2. The fourth-order valence-electron chi connectivity index (χ4n) is 2.63. The van der Waals surface area contributed by atoms with Crippen LogP contribution in [0.25, 0.3) is 11.5 Å². The molecule has 1 aromatic carbocycles. The summed E-state index contributed by atoms with van der Waals surface area (Å²) in [4.78, 5) is 2.11. The Kier molecular flexibility index (Phi) is 4.96. The first-order valence-electron chi connectivity index (χ1n) is 7.98. The van der Waals surface area contributed by atoms with E-state index in [4.69, 9.17) is 13.9 Å². The van der Waals surface area contributed by atoms with Gasteiger partial charge in [-0.2, -0.15) is 0 Å². The molecule has 126 valence electrons. The van der Waals surface area contributed by atoms with Gasteiger partial charge in [-0.25, -0.2) is 0 Å². The van der Waals surface area contributed by atoms with Gasteiger partial charge in [0.25, 0.3) is 5.89 Å². The molecule has 0 saturated heterocycles. The molecule has 0 spiro atoms. The number of anilines is 1. The van der Waals surface area contributed by atoms with Crippen LogP contribution in [-0.4, -0.2) is 28.5 Å². The number of para-hydroxylation sites is 1. The Morgan fingerprint density at radius 3 is 2.54 bits per heavy atom. The molecule has 24 heavy (non-hydrogen) atoms. The van der Waals surface area contributed by atoms with Crippen molar-refractivity contribution in [3.8, 4) is 11.5 Å². The third kappa shape index (κ3) is 3.65. The molecule has 0 aliphatic heterocycles. The van der Waals surface area contributed by atoms with Crippen molar-refractivity contribution in [2.24, 2.45) is 0 Å². The quantitative estimate of drug-likeness (QED) is 0.717. The van der Waals surface area contributed by atoms with Crippen molar-refractivity contribution in [3.05, 3.63) is 53.8 Å². The Hall–Kier alpha value is -2.60. The van der Waals surface area contributed by atoms with Gasteiger partial charge in [0.1, 0.15) is 11.5 Å². The molecule has 0 fully saturated rings. The van der Waals surface area contributed by atoms with E-state index in [1.54, 1.807) is 0 Å². The molecule has 0 amide bonds. The van der Waals surface area contributed by atoms with Crippen LogP contribution in [0.5, 0.6) is 0 Å². The van der Waals surface area contributed by atoms with E-state index in [1.807, 2.05) is 50.2 Å². The van der Waals surface area contributed by atoms with Crippen LogP contribution in [0.1, 0.15) is 23.8 Å². The first kappa shape index (κ1) is 16.3. The summed E-state index contributed by atoms with van der Waals surface area (Å²) in [5, 5.41) is 17.4. The van der Waals surface area contributed by atoms with Gasteiger partial charge in [-0.3, -0.25) is 0 Å². The molecular weight excluding hydrogens is 306 g/mol. The molecular formula is C18H21N3O3. The first-order chi connectivity index (χ1) is 11.7. The van der Waals surface area contributed by atoms with Crippen LogP contribution in [0.4, 0.5) is 5.69 Å². The number of furan rings is 1. The maximum absolute atomic E-state index is 9.13. The normalized spacial score (nSPS) is 11.0. The van der Waals surface area contributed by atoms with Crippen LogP contribution in [-0.2, 0) is 6.54 Å². The number of hydrogen-bond acceptors (Lipinski definition) is 6. The third-order valence-electron chi connectivity index (χ3n) is 3.77. The zero-order chi connectivity index (χ0) is 16.9. The molecule has 2 aromatic heterocycles. The van der Waals surface area contributed by atoms with Crippen molar-refractivity contribution < 1.29 is 13.9 Å². The van der Waals surface area contributed by atoms with E-state index in [1.165, 1.54) is 0 Å². The molecule has 0 aliphatic rings.